The molecule has 0 aliphatic heterocycles. The fraction of sp³-hybridized carbons (Fsp3) is 0.100. The number of nitrogens with zero attached hydrogens (tertiary/aromatic N) is 1. The second-order valence-electron chi connectivity index (χ2n) is 3.12. The molecule has 0 amide bonds. The number of carboxylic acid groups (broad SMARTS) is 1. The molecule has 3 nitrogen and oxygen atoms in total. The van der Waals surface area contributed by atoms with Crippen molar-refractivity contribution in [3.8, 4) is 0 Å². The highest BCUT2D eigenvalue weighted by molar-refractivity contribution is 9.10. The zero-order valence-corrected chi connectivity index (χ0v) is 9.16. The van der Waals surface area contributed by atoms with E-state index in [2.05, 4.69) is 15.9 Å². The number of hydrogen-bond donors (Lipinski definition) is 1. The van der Waals surface area contributed by atoms with Gasteiger partial charge in [-0.25, -0.2) is 4.39 Å². The van der Waals surface area contributed by atoms with E-state index in [9.17, 15) is 9.18 Å². The molecule has 78 valence electrons. The molecule has 1 aromatic carbocycles. The summed E-state index contributed by atoms with van der Waals surface area (Å²) >= 11 is 3.21. The Bertz CT molecular complexity index is 535. The van der Waals surface area contributed by atoms with E-state index < -0.39 is 5.97 Å². The van der Waals surface area contributed by atoms with E-state index in [4.69, 9.17) is 5.11 Å². The molecule has 2 rings (SSSR count). The first-order valence-corrected chi connectivity index (χ1v) is 5.04. The predicted octanol–water partition coefficient (Wildman–Crippen LogP) is 2.63. The fourth-order valence-electron chi connectivity index (χ4n) is 1.51. The Morgan fingerprint density at radius 2 is 2.27 bits per heavy atom. The Morgan fingerprint density at radius 3 is 2.93 bits per heavy atom. The summed E-state index contributed by atoms with van der Waals surface area (Å²) in [6.45, 7) is -0.187. The Balaban J connectivity index is 2.68. The molecule has 0 fully saturated rings. The maximum absolute atomic E-state index is 13.3. The van der Waals surface area contributed by atoms with Gasteiger partial charge in [-0.15, -0.1) is 0 Å². The smallest absolute Gasteiger partial charge is 0.323 e. The molecule has 1 aromatic heterocycles. The predicted molar refractivity (Wildman–Crippen MR) is 57.2 cm³/mol. The van der Waals surface area contributed by atoms with Gasteiger partial charge in [0.15, 0.2) is 0 Å². The number of hydrogen-bond acceptors (Lipinski definition) is 1. The van der Waals surface area contributed by atoms with E-state index in [1.165, 1.54) is 10.6 Å². The molecule has 5 heteroatoms. The molecule has 15 heavy (non-hydrogen) atoms. The fourth-order valence-corrected chi connectivity index (χ4v) is 2.06. The molecular formula is C10H7BrFNO2. The van der Waals surface area contributed by atoms with Gasteiger partial charge in [0, 0.05) is 5.39 Å². The molecule has 0 radical (unpaired) electrons. The van der Waals surface area contributed by atoms with Gasteiger partial charge >= 0.3 is 5.97 Å². The van der Waals surface area contributed by atoms with Gasteiger partial charge in [-0.2, -0.15) is 0 Å². The lowest BCUT2D eigenvalue weighted by Gasteiger charge is -2.02. The SMILES string of the molecule is O=C(O)Cn1c(Br)cc2c(F)cccc21. The molecule has 0 aliphatic rings. The molecule has 0 saturated heterocycles. The van der Waals surface area contributed by atoms with Gasteiger partial charge in [-0.05, 0) is 34.1 Å². The van der Waals surface area contributed by atoms with Crippen LogP contribution in [0.2, 0.25) is 0 Å². The van der Waals surface area contributed by atoms with Gasteiger partial charge in [0.2, 0.25) is 0 Å². The summed E-state index contributed by atoms with van der Waals surface area (Å²) in [5.41, 5.74) is 0.573. The molecule has 0 atom stereocenters. The van der Waals surface area contributed by atoms with E-state index in [0.29, 0.717) is 15.5 Å². The van der Waals surface area contributed by atoms with Crippen LogP contribution < -0.4 is 0 Å². The lowest BCUT2D eigenvalue weighted by molar-refractivity contribution is -0.137. The number of fused-ring (bicyclic) bond motifs is 1. The van der Waals surface area contributed by atoms with Crippen molar-refractivity contribution in [2.24, 2.45) is 0 Å². The third-order valence-electron chi connectivity index (χ3n) is 2.14. The van der Waals surface area contributed by atoms with Crippen LogP contribution in [0.3, 0.4) is 0 Å². The standard InChI is InChI=1S/C10H7BrFNO2/c11-9-4-6-7(12)2-1-3-8(6)13(9)5-10(14)15/h1-4H,5H2,(H,14,15). The number of carboxylic acids is 1. The monoisotopic (exact) mass is 271 g/mol. The van der Waals surface area contributed by atoms with Crippen molar-refractivity contribution in [3.05, 3.63) is 34.7 Å². The van der Waals surface area contributed by atoms with Crippen LogP contribution in [-0.4, -0.2) is 15.6 Å². The van der Waals surface area contributed by atoms with Crippen LogP contribution in [-0.2, 0) is 11.3 Å². The van der Waals surface area contributed by atoms with Gasteiger partial charge in [0.1, 0.15) is 12.4 Å². The second kappa shape index (κ2) is 3.66. The van der Waals surface area contributed by atoms with E-state index in [0.717, 1.165) is 0 Å². The van der Waals surface area contributed by atoms with Gasteiger partial charge in [0.25, 0.3) is 0 Å². The number of benzene rings is 1. The Kier molecular flexibility index (Phi) is 2.48. The van der Waals surface area contributed by atoms with Gasteiger partial charge in [0.05, 0.1) is 10.1 Å². The maximum atomic E-state index is 13.3. The Hall–Kier alpha value is -1.36. The van der Waals surface area contributed by atoms with Crippen molar-refractivity contribution in [3.63, 3.8) is 0 Å². The summed E-state index contributed by atoms with van der Waals surface area (Å²) in [5, 5.41) is 9.12. The van der Waals surface area contributed by atoms with Crippen LogP contribution in [0.1, 0.15) is 0 Å². The zero-order chi connectivity index (χ0) is 11.0. The maximum Gasteiger partial charge on any atom is 0.323 e. The summed E-state index contributed by atoms with van der Waals surface area (Å²) in [7, 11) is 0. The van der Waals surface area contributed by atoms with Gasteiger partial charge in [-0.3, -0.25) is 4.79 Å². The Labute approximate surface area is 93.3 Å². The average Bonchev–Trinajstić information content (AvgIpc) is 2.45. The van der Waals surface area contributed by atoms with E-state index in [1.54, 1.807) is 18.2 Å². The molecule has 0 saturated carbocycles. The highest BCUT2D eigenvalue weighted by atomic mass is 79.9. The van der Waals surface area contributed by atoms with Crippen molar-refractivity contribution in [1.82, 2.24) is 4.57 Å². The van der Waals surface area contributed by atoms with Gasteiger partial charge < -0.3 is 9.67 Å². The van der Waals surface area contributed by atoms with Crippen molar-refractivity contribution in [2.45, 2.75) is 6.54 Å². The van der Waals surface area contributed by atoms with Gasteiger partial charge in [-0.1, -0.05) is 6.07 Å². The molecule has 1 heterocycles. The van der Waals surface area contributed by atoms with Crippen LogP contribution in [0.5, 0.6) is 0 Å². The lowest BCUT2D eigenvalue weighted by Crippen LogP contribution is -2.08. The van der Waals surface area contributed by atoms with Crippen LogP contribution in [0, 0.1) is 5.82 Å². The van der Waals surface area contributed by atoms with Crippen LogP contribution >= 0.6 is 15.9 Å². The molecule has 0 spiro atoms. The van der Waals surface area contributed by atoms with Crippen LogP contribution in [0.25, 0.3) is 10.9 Å². The minimum absolute atomic E-state index is 0.187. The van der Waals surface area contributed by atoms with Crippen molar-refractivity contribution < 1.29 is 14.3 Å². The van der Waals surface area contributed by atoms with E-state index >= 15 is 0 Å². The molecule has 0 unspecified atom stereocenters. The van der Waals surface area contributed by atoms with Crippen LogP contribution in [0.15, 0.2) is 28.9 Å². The van der Waals surface area contributed by atoms with Crippen molar-refractivity contribution in [2.75, 3.05) is 0 Å². The van der Waals surface area contributed by atoms with Crippen LogP contribution in [0.4, 0.5) is 4.39 Å². The number of rotatable bonds is 2. The summed E-state index contributed by atoms with van der Waals surface area (Å²) in [6, 6.07) is 6.17. The number of halogens is 2. The first kappa shape index (κ1) is 10.2. The number of aromatic nitrogens is 1. The molecule has 0 bridgehead atoms. The third-order valence-corrected chi connectivity index (χ3v) is 2.79. The first-order chi connectivity index (χ1) is 7.09. The zero-order valence-electron chi connectivity index (χ0n) is 7.58. The summed E-state index contributed by atoms with van der Waals surface area (Å²) in [5.74, 6) is -1.31. The topological polar surface area (TPSA) is 42.2 Å². The molecule has 2 aromatic rings. The third kappa shape index (κ3) is 1.74. The van der Waals surface area contributed by atoms with Crippen molar-refractivity contribution in [1.29, 1.82) is 0 Å². The largest absolute Gasteiger partial charge is 0.480 e. The minimum Gasteiger partial charge on any atom is -0.480 e. The number of aliphatic carboxylic acids is 1. The van der Waals surface area contributed by atoms with Crippen molar-refractivity contribution >= 4 is 32.8 Å². The Morgan fingerprint density at radius 1 is 1.53 bits per heavy atom. The lowest BCUT2D eigenvalue weighted by atomic mass is 10.2. The molecule has 1 N–H and O–H groups in total. The molecule has 0 aliphatic carbocycles. The number of carbonyl (C=O) groups is 1. The quantitative estimate of drug-likeness (QED) is 0.913. The summed E-state index contributed by atoms with van der Waals surface area (Å²) in [6.07, 6.45) is 0. The summed E-state index contributed by atoms with van der Waals surface area (Å²) < 4.78 is 15.4. The van der Waals surface area contributed by atoms with E-state index in [1.807, 2.05) is 0 Å². The summed E-state index contributed by atoms with van der Waals surface area (Å²) in [4.78, 5) is 10.6. The molecular weight excluding hydrogens is 265 g/mol. The highest BCUT2D eigenvalue weighted by Crippen LogP contribution is 2.25. The first-order valence-electron chi connectivity index (χ1n) is 4.24. The highest BCUT2D eigenvalue weighted by Gasteiger charge is 2.11. The normalized spacial score (nSPS) is 10.8. The minimum atomic E-state index is -0.961. The van der Waals surface area contributed by atoms with E-state index in [-0.39, 0.29) is 12.4 Å². The second-order valence-corrected chi connectivity index (χ2v) is 3.93. The average molecular weight is 272 g/mol.